The Morgan fingerprint density at radius 2 is 0.930 bits per heavy atom. The second kappa shape index (κ2) is 40.7. The van der Waals surface area contributed by atoms with Gasteiger partial charge in [-0.1, -0.05) is 206 Å². The van der Waals surface area contributed by atoms with E-state index in [1.54, 1.807) is 0 Å². The Kier molecular flexibility index (Phi) is 37.6. The third-order valence-corrected chi connectivity index (χ3v) is 14.4. The molecule has 2 fully saturated rings. The van der Waals surface area contributed by atoms with Crippen LogP contribution in [0.25, 0.3) is 0 Å². The summed E-state index contributed by atoms with van der Waals surface area (Å²) in [6, 6.07) is -2.67. The molecule has 0 aromatic carbocycles. The number of carbonyl (C=O) groups excluding carboxylic acids is 2. The number of hydrogen-bond acceptors (Lipinski definition) is 15. The lowest BCUT2D eigenvalue weighted by atomic mass is 9.95. The quantitative estimate of drug-likeness (QED) is 0.0319. The highest BCUT2D eigenvalue weighted by Crippen LogP contribution is 2.30. The molecule has 71 heavy (non-hydrogen) atoms. The third kappa shape index (κ3) is 27.2. The van der Waals surface area contributed by atoms with E-state index < -0.39 is 117 Å². The third-order valence-electron chi connectivity index (χ3n) is 14.4. The fraction of sp³-hybridized carbons (Fsp3) is 0.963. The van der Waals surface area contributed by atoms with Crippen molar-refractivity contribution in [1.29, 1.82) is 0 Å². The van der Waals surface area contributed by atoms with Gasteiger partial charge in [-0.2, -0.15) is 0 Å². The summed E-state index contributed by atoms with van der Waals surface area (Å²) < 4.78 is 23.1. The molecule has 0 aromatic rings. The molecule has 420 valence electrons. The van der Waals surface area contributed by atoms with Crippen molar-refractivity contribution in [2.45, 2.75) is 312 Å². The summed E-state index contributed by atoms with van der Waals surface area (Å²) >= 11 is 0. The van der Waals surface area contributed by atoms with Crippen LogP contribution in [0.2, 0.25) is 0 Å². The van der Waals surface area contributed by atoms with Crippen molar-refractivity contribution in [3.8, 4) is 0 Å². The summed E-state index contributed by atoms with van der Waals surface area (Å²) in [5.41, 5.74) is 0. The molecule has 17 nitrogen and oxygen atoms in total. The maximum atomic E-state index is 13.4. The van der Waals surface area contributed by atoms with Gasteiger partial charge in [0.15, 0.2) is 12.6 Å². The van der Waals surface area contributed by atoms with E-state index in [4.69, 9.17) is 18.9 Å². The summed E-state index contributed by atoms with van der Waals surface area (Å²) in [7, 11) is 0. The van der Waals surface area contributed by atoms with Crippen LogP contribution in [0, 0.1) is 0 Å². The number of nitrogens with one attached hydrogen (secondary N) is 2. The molecule has 0 aliphatic carbocycles. The molecule has 0 radical (unpaired) electrons. The Bertz CT molecular complexity index is 1300. The number of ether oxygens (including phenoxy) is 4. The van der Waals surface area contributed by atoms with Crippen LogP contribution in [-0.2, 0) is 28.5 Å². The first-order valence-corrected chi connectivity index (χ1v) is 28.4. The van der Waals surface area contributed by atoms with E-state index in [1.165, 1.54) is 135 Å². The van der Waals surface area contributed by atoms with E-state index >= 15 is 0 Å². The highest BCUT2D eigenvalue weighted by atomic mass is 16.7. The molecule has 2 aliphatic heterocycles. The predicted octanol–water partition coefficient (Wildman–Crippen LogP) is 5.86. The topological polar surface area (TPSA) is 277 Å². The average Bonchev–Trinajstić information content (AvgIpc) is 3.36. The molecule has 2 rings (SSSR count). The van der Waals surface area contributed by atoms with E-state index in [2.05, 4.69) is 24.5 Å². The van der Waals surface area contributed by atoms with Gasteiger partial charge in [-0.3, -0.25) is 9.59 Å². The van der Waals surface area contributed by atoms with Gasteiger partial charge in [0.25, 0.3) is 0 Å². The van der Waals surface area contributed by atoms with Gasteiger partial charge >= 0.3 is 0 Å². The lowest BCUT2D eigenvalue weighted by Crippen LogP contribution is -2.67. The normalized spacial score (nSPS) is 26.5. The van der Waals surface area contributed by atoms with Gasteiger partial charge in [0.2, 0.25) is 11.8 Å². The fourth-order valence-electron chi connectivity index (χ4n) is 9.81. The number of amides is 2. The number of unbranched alkanes of at least 4 members (excludes halogenated alkanes) is 28. The summed E-state index contributed by atoms with van der Waals surface area (Å²) in [4.78, 5) is 25.3. The smallest absolute Gasteiger partial charge is 0.249 e. The zero-order valence-electron chi connectivity index (χ0n) is 44.3. The summed E-state index contributed by atoms with van der Waals surface area (Å²) in [5, 5.41) is 102. The van der Waals surface area contributed by atoms with Crippen molar-refractivity contribution in [3.63, 3.8) is 0 Å². The number of hydrogen-bond donors (Lipinski definition) is 11. The first kappa shape index (κ1) is 65.5. The Balaban J connectivity index is 1.93. The molecular weight excluding hydrogens is 917 g/mol. The molecule has 0 spiro atoms. The molecule has 0 saturated carbocycles. The molecule has 2 aliphatic rings. The number of aliphatic hydroxyl groups is 9. The van der Waals surface area contributed by atoms with Crippen molar-refractivity contribution >= 4 is 11.8 Å². The van der Waals surface area contributed by atoms with Gasteiger partial charge in [-0.25, -0.2) is 0 Å². The van der Waals surface area contributed by atoms with Crippen molar-refractivity contribution in [1.82, 2.24) is 10.6 Å². The number of rotatable bonds is 44. The van der Waals surface area contributed by atoms with Gasteiger partial charge in [0, 0.05) is 6.92 Å². The molecule has 0 unspecified atom stereocenters. The summed E-state index contributed by atoms with van der Waals surface area (Å²) in [5.74, 6) is -1.38. The molecule has 11 N–H and O–H groups in total. The molecule has 2 saturated heterocycles. The lowest BCUT2D eigenvalue weighted by molar-refractivity contribution is -0.347. The van der Waals surface area contributed by atoms with Crippen molar-refractivity contribution < 1.29 is 74.5 Å². The maximum Gasteiger partial charge on any atom is 0.249 e. The number of aliphatic hydroxyl groups excluding tert-OH is 9. The van der Waals surface area contributed by atoms with E-state index in [9.17, 15) is 55.5 Å². The summed E-state index contributed by atoms with van der Waals surface area (Å²) in [6.45, 7) is 3.58. The van der Waals surface area contributed by atoms with Crippen molar-refractivity contribution in [3.05, 3.63) is 0 Å². The van der Waals surface area contributed by atoms with Crippen LogP contribution >= 0.6 is 0 Å². The van der Waals surface area contributed by atoms with Crippen LogP contribution in [0.3, 0.4) is 0 Å². The van der Waals surface area contributed by atoms with Gasteiger partial charge in [-0.15, -0.1) is 0 Å². The monoisotopic (exact) mass is 1020 g/mol. The van der Waals surface area contributed by atoms with Crippen LogP contribution in [0.1, 0.15) is 226 Å². The first-order chi connectivity index (χ1) is 34.3. The van der Waals surface area contributed by atoms with Crippen LogP contribution in [0.5, 0.6) is 0 Å². The Hall–Kier alpha value is -1.58. The van der Waals surface area contributed by atoms with Crippen molar-refractivity contribution in [2.24, 2.45) is 0 Å². The highest BCUT2D eigenvalue weighted by Gasteiger charge is 2.51. The largest absolute Gasteiger partial charge is 0.394 e. The van der Waals surface area contributed by atoms with E-state index in [-0.39, 0.29) is 12.8 Å². The van der Waals surface area contributed by atoms with E-state index in [1.807, 2.05) is 0 Å². The minimum Gasteiger partial charge on any atom is -0.394 e. The Morgan fingerprint density at radius 1 is 0.521 bits per heavy atom. The highest BCUT2D eigenvalue weighted by molar-refractivity contribution is 5.80. The van der Waals surface area contributed by atoms with E-state index in [0.29, 0.717) is 12.8 Å². The van der Waals surface area contributed by atoms with Gasteiger partial charge in [0.1, 0.15) is 61.0 Å². The average molecular weight is 1020 g/mol. The van der Waals surface area contributed by atoms with Crippen LogP contribution < -0.4 is 10.6 Å². The molecule has 2 heterocycles. The summed E-state index contributed by atoms with van der Waals surface area (Å²) in [6.07, 6.45) is 17.3. The molecular formula is C54H104N2O15. The zero-order valence-corrected chi connectivity index (χ0v) is 44.3. The second-order valence-corrected chi connectivity index (χ2v) is 20.7. The Morgan fingerprint density at radius 3 is 1.35 bits per heavy atom. The standard InChI is InChI=1S/C54H104N2O15/c1-4-6-8-10-12-14-16-18-19-20-21-23-25-27-29-31-33-35-42(61)52(67)56-40(46(62)41(60)34-32-30-28-26-24-22-17-15-13-11-9-7-5-2)38-68-54-50(66)49(65)51(44(37-58)70-54)71-53-45(55-39(3)59)48(64)47(63)43(36-57)69-53/h40-51,53-54,57-58,60-66H,4-38H2,1-3H3,(H,55,59)(H,56,67)/t40-,41+,42+,43+,44+,45+,46-,47+,48+,49+,50+,51-,53+,54-/m0/s1. The lowest BCUT2D eigenvalue weighted by Gasteiger charge is -2.47. The minimum absolute atomic E-state index is 0.203. The van der Waals surface area contributed by atoms with Gasteiger partial charge in [0.05, 0.1) is 32.0 Å². The van der Waals surface area contributed by atoms with Crippen molar-refractivity contribution in [2.75, 3.05) is 19.8 Å². The fourth-order valence-corrected chi connectivity index (χ4v) is 9.81. The van der Waals surface area contributed by atoms with E-state index in [0.717, 1.165) is 51.9 Å². The Labute approximate surface area is 427 Å². The second-order valence-electron chi connectivity index (χ2n) is 20.7. The molecule has 0 aromatic heterocycles. The maximum absolute atomic E-state index is 13.4. The molecule has 0 bridgehead atoms. The van der Waals surface area contributed by atoms with Crippen LogP contribution in [0.4, 0.5) is 0 Å². The molecule has 17 heteroatoms. The predicted molar refractivity (Wildman–Crippen MR) is 273 cm³/mol. The van der Waals surface area contributed by atoms with Gasteiger partial charge < -0.3 is 75.5 Å². The SMILES string of the molecule is CCCCCCCCCCCCCCCCCCC[C@@H](O)C(=O)N[C@@H](CO[C@H]1O[C@H](CO)[C@H](O[C@H]2O[C@H](CO)[C@@H](O)[C@H](O)[C@H]2NC(C)=O)[C@H](O)[C@H]1O)[C@H](O)[C@H](O)CCCCCCCCCCCCCCC. The number of carbonyl (C=O) groups is 2. The van der Waals surface area contributed by atoms with Crippen LogP contribution in [-0.4, -0.2) is 163 Å². The minimum atomic E-state index is -1.86. The first-order valence-electron chi connectivity index (χ1n) is 28.4. The zero-order chi connectivity index (χ0) is 52.2. The molecule has 2 amide bonds. The molecule has 14 atom stereocenters. The van der Waals surface area contributed by atoms with Crippen LogP contribution in [0.15, 0.2) is 0 Å². The van der Waals surface area contributed by atoms with Gasteiger partial charge in [-0.05, 0) is 12.8 Å².